The van der Waals surface area contributed by atoms with Gasteiger partial charge < -0.3 is 9.15 Å². The molecule has 0 fully saturated rings. The van der Waals surface area contributed by atoms with Gasteiger partial charge in [0, 0.05) is 0 Å². The summed E-state index contributed by atoms with van der Waals surface area (Å²) in [7, 11) is 0. The molecule has 1 heterocycles. The third kappa shape index (κ3) is 2.67. The topological polar surface area (TPSA) is 22.4 Å². The van der Waals surface area contributed by atoms with Crippen LogP contribution in [0.3, 0.4) is 0 Å². The lowest BCUT2D eigenvalue weighted by atomic mass is 10.1. The van der Waals surface area contributed by atoms with E-state index in [-0.39, 0.29) is 0 Å². The number of ether oxygens (including phenoxy) is 1. The molecular weight excluding hydrogens is 268 g/mol. The fourth-order valence-corrected chi connectivity index (χ4v) is 1.78. The Balaban J connectivity index is 2.07. The molecular formula is C13H13BrO2. The Hall–Kier alpha value is -1.22. The van der Waals surface area contributed by atoms with Crippen molar-refractivity contribution < 1.29 is 9.15 Å². The first-order valence-electron chi connectivity index (χ1n) is 5.09. The highest BCUT2D eigenvalue weighted by molar-refractivity contribution is 9.10. The van der Waals surface area contributed by atoms with Crippen LogP contribution in [-0.2, 0) is 6.61 Å². The first kappa shape index (κ1) is 11.3. The molecule has 0 saturated carbocycles. The molecule has 0 aliphatic heterocycles. The van der Waals surface area contributed by atoms with Crippen molar-refractivity contribution in [2.45, 2.75) is 20.5 Å². The van der Waals surface area contributed by atoms with E-state index in [1.165, 1.54) is 5.56 Å². The molecule has 1 aromatic heterocycles. The Morgan fingerprint density at radius 1 is 1.19 bits per heavy atom. The van der Waals surface area contributed by atoms with Gasteiger partial charge in [-0.05, 0) is 59.1 Å². The van der Waals surface area contributed by atoms with Gasteiger partial charge in [0.25, 0.3) is 0 Å². The Kier molecular flexibility index (Phi) is 3.34. The highest BCUT2D eigenvalue weighted by Crippen LogP contribution is 2.21. The summed E-state index contributed by atoms with van der Waals surface area (Å²) < 4.78 is 11.8. The molecule has 0 N–H and O–H groups in total. The van der Waals surface area contributed by atoms with Gasteiger partial charge in [0.1, 0.15) is 18.1 Å². The quantitative estimate of drug-likeness (QED) is 0.839. The van der Waals surface area contributed by atoms with Crippen molar-refractivity contribution in [1.82, 2.24) is 0 Å². The van der Waals surface area contributed by atoms with Crippen LogP contribution in [0.15, 0.2) is 39.4 Å². The molecule has 2 rings (SSSR count). The number of aryl methyl sites for hydroxylation is 2. The number of furan rings is 1. The van der Waals surface area contributed by atoms with Crippen LogP contribution in [-0.4, -0.2) is 0 Å². The molecule has 0 bridgehead atoms. The van der Waals surface area contributed by atoms with Crippen molar-refractivity contribution >= 4 is 15.9 Å². The Bertz CT molecular complexity index is 488. The zero-order valence-electron chi connectivity index (χ0n) is 9.29. The maximum atomic E-state index is 5.70. The summed E-state index contributed by atoms with van der Waals surface area (Å²) in [6.45, 7) is 4.54. The normalized spacial score (nSPS) is 10.4. The average Bonchev–Trinajstić information content (AvgIpc) is 2.66. The zero-order valence-corrected chi connectivity index (χ0v) is 10.9. The molecule has 0 amide bonds. The predicted molar refractivity (Wildman–Crippen MR) is 66.7 cm³/mol. The van der Waals surface area contributed by atoms with Crippen molar-refractivity contribution in [2.24, 2.45) is 0 Å². The van der Waals surface area contributed by atoms with Crippen molar-refractivity contribution in [2.75, 3.05) is 0 Å². The number of hydrogen-bond acceptors (Lipinski definition) is 2. The maximum absolute atomic E-state index is 5.70. The predicted octanol–water partition coefficient (Wildman–Crippen LogP) is 4.24. The third-order valence-electron chi connectivity index (χ3n) is 2.34. The maximum Gasteiger partial charge on any atom is 0.169 e. The first-order chi connectivity index (χ1) is 7.65. The second-order valence-corrected chi connectivity index (χ2v) is 4.55. The van der Waals surface area contributed by atoms with E-state index in [9.17, 15) is 0 Å². The Morgan fingerprint density at radius 3 is 2.69 bits per heavy atom. The van der Waals surface area contributed by atoms with Crippen molar-refractivity contribution in [1.29, 1.82) is 0 Å². The number of benzene rings is 1. The second kappa shape index (κ2) is 4.74. The molecule has 0 unspecified atom stereocenters. The summed E-state index contributed by atoms with van der Waals surface area (Å²) in [5.41, 5.74) is 2.33. The van der Waals surface area contributed by atoms with E-state index in [1.807, 2.05) is 25.1 Å². The van der Waals surface area contributed by atoms with E-state index >= 15 is 0 Å². The van der Waals surface area contributed by atoms with Crippen LogP contribution in [0.5, 0.6) is 5.75 Å². The summed E-state index contributed by atoms with van der Waals surface area (Å²) >= 11 is 3.26. The van der Waals surface area contributed by atoms with E-state index in [4.69, 9.17) is 9.15 Å². The van der Waals surface area contributed by atoms with Crippen LogP contribution < -0.4 is 4.74 Å². The summed E-state index contributed by atoms with van der Waals surface area (Å²) in [5.74, 6) is 1.72. The molecule has 2 aromatic rings. The van der Waals surface area contributed by atoms with Gasteiger partial charge >= 0.3 is 0 Å². The molecule has 2 nitrogen and oxygen atoms in total. The van der Waals surface area contributed by atoms with Gasteiger partial charge in [-0.15, -0.1) is 0 Å². The fraction of sp³-hybridized carbons (Fsp3) is 0.231. The molecule has 16 heavy (non-hydrogen) atoms. The number of hydrogen-bond donors (Lipinski definition) is 0. The Morgan fingerprint density at radius 2 is 2.00 bits per heavy atom. The van der Waals surface area contributed by atoms with Crippen molar-refractivity contribution in [3.05, 3.63) is 51.9 Å². The van der Waals surface area contributed by atoms with Gasteiger partial charge in [-0.1, -0.05) is 12.1 Å². The van der Waals surface area contributed by atoms with E-state index < -0.39 is 0 Å². The summed E-state index contributed by atoms with van der Waals surface area (Å²) in [4.78, 5) is 0. The van der Waals surface area contributed by atoms with Gasteiger partial charge in [-0.2, -0.15) is 0 Å². The number of halogens is 1. The lowest BCUT2D eigenvalue weighted by molar-refractivity contribution is 0.266. The lowest BCUT2D eigenvalue weighted by Gasteiger charge is -2.08. The van der Waals surface area contributed by atoms with Crippen molar-refractivity contribution in [3.63, 3.8) is 0 Å². The molecule has 0 spiro atoms. The fourth-order valence-electron chi connectivity index (χ4n) is 1.44. The van der Waals surface area contributed by atoms with Crippen LogP contribution in [0.25, 0.3) is 0 Å². The summed E-state index contributed by atoms with van der Waals surface area (Å²) in [5, 5.41) is 0. The molecule has 0 aliphatic carbocycles. The van der Waals surface area contributed by atoms with Gasteiger partial charge in [0.15, 0.2) is 4.67 Å². The monoisotopic (exact) mass is 280 g/mol. The van der Waals surface area contributed by atoms with E-state index in [0.29, 0.717) is 6.61 Å². The van der Waals surface area contributed by atoms with E-state index in [2.05, 4.69) is 35.0 Å². The van der Waals surface area contributed by atoms with Crippen LogP contribution in [0.4, 0.5) is 0 Å². The molecule has 3 heteroatoms. The molecule has 0 atom stereocenters. The Labute approximate surface area is 103 Å². The minimum absolute atomic E-state index is 0.454. The van der Waals surface area contributed by atoms with E-state index in [1.54, 1.807) is 0 Å². The molecule has 1 aromatic carbocycles. The highest BCUT2D eigenvalue weighted by Gasteiger charge is 2.03. The van der Waals surface area contributed by atoms with Crippen LogP contribution in [0.1, 0.15) is 16.9 Å². The lowest BCUT2D eigenvalue weighted by Crippen LogP contribution is -1.95. The largest absolute Gasteiger partial charge is 0.485 e. The van der Waals surface area contributed by atoms with Crippen LogP contribution >= 0.6 is 15.9 Å². The average molecular weight is 281 g/mol. The van der Waals surface area contributed by atoms with Crippen LogP contribution in [0.2, 0.25) is 0 Å². The smallest absolute Gasteiger partial charge is 0.169 e. The van der Waals surface area contributed by atoms with Crippen molar-refractivity contribution in [3.8, 4) is 5.75 Å². The summed E-state index contributed by atoms with van der Waals surface area (Å²) in [6, 6.07) is 9.93. The third-order valence-corrected chi connectivity index (χ3v) is 2.77. The summed E-state index contributed by atoms with van der Waals surface area (Å²) in [6.07, 6.45) is 0. The van der Waals surface area contributed by atoms with Gasteiger partial charge in [-0.25, -0.2) is 0 Å². The minimum atomic E-state index is 0.454. The number of rotatable bonds is 3. The van der Waals surface area contributed by atoms with Gasteiger partial charge in [0.2, 0.25) is 0 Å². The minimum Gasteiger partial charge on any atom is -0.485 e. The second-order valence-electron chi connectivity index (χ2n) is 3.76. The first-order valence-corrected chi connectivity index (χ1v) is 5.89. The van der Waals surface area contributed by atoms with Gasteiger partial charge in [-0.3, -0.25) is 0 Å². The molecule has 0 radical (unpaired) electrons. The molecule has 0 aliphatic rings. The highest BCUT2D eigenvalue weighted by atomic mass is 79.9. The SMILES string of the molecule is Cc1ccc(C)c(OCc2ccc(Br)o2)c1. The zero-order chi connectivity index (χ0) is 11.5. The van der Waals surface area contributed by atoms with E-state index in [0.717, 1.165) is 21.7 Å². The molecule has 0 saturated heterocycles. The molecule has 84 valence electrons. The standard InChI is InChI=1S/C13H13BrO2/c1-9-3-4-10(2)12(7-9)15-8-11-5-6-13(14)16-11/h3-7H,8H2,1-2H3. The van der Waals surface area contributed by atoms with Crippen LogP contribution in [0, 0.1) is 13.8 Å². The van der Waals surface area contributed by atoms with Gasteiger partial charge in [0.05, 0.1) is 0 Å².